The Morgan fingerprint density at radius 3 is 2.67 bits per heavy atom. The number of halogens is 1. The Hall–Kier alpha value is -4.32. The van der Waals surface area contributed by atoms with Crippen molar-refractivity contribution in [3.63, 3.8) is 0 Å². The monoisotopic (exact) mass is 554 g/mol. The summed E-state index contributed by atoms with van der Waals surface area (Å²) in [5.74, 6) is 6.65. The second-order valence-electron chi connectivity index (χ2n) is 9.84. The first-order valence-electron chi connectivity index (χ1n) is 13.2. The molecule has 0 saturated carbocycles. The van der Waals surface area contributed by atoms with Crippen LogP contribution in [0.5, 0.6) is 5.75 Å². The summed E-state index contributed by atoms with van der Waals surface area (Å²) in [6.07, 6.45) is 4.42. The van der Waals surface area contributed by atoms with E-state index in [0.717, 1.165) is 54.8 Å². The lowest BCUT2D eigenvalue weighted by Gasteiger charge is -2.29. The molecule has 5 N–H and O–H groups in total. The van der Waals surface area contributed by atoms with Crippen molar-refractivity contribution in [2.75, 3.05) is 25.9 Å². The van der Waals surface area contributed by atoms with Gasteiger partial charge in [0.1, 0.15) is 11.9 Å². The zero-order valence-corrected chi connectivity index (χ0v) is 23.3. The van der Waals surface area contributed by atoms with Crippen LogP contribution in [-0.2, 0) is 6.42 Å². The molecule has 0 spiro atoms. The van der Waals surface area contributed by atoms with Gasteiger partial charge >= 0.3 is 0 Å². The lowest BCUT2D eigenvalue weighted by Crippen LogP contribution is -2.35. The number of nitrogen functional groups attached to an aromatic ring is 1. The van der Waals surface area contributed by atoms with E-state index in [4.69, 9.17) is 27.8 Å². The Morgan fingerprint density at radius 2 is 1.95 bits per heavy atom. The number of ether oxygens (including phenoxy) is 1. The standard InChI is InChI=1S/C31H31ClN6O2/c1-3-20-8-9-21(32)18-25(20)29-27(30(33)39)24(28(37-29)26-11-14-35-31(34)36-26)10-7-19-5-4-6-23(17-19)40-22-12-15-38(2)16-13-22/h4-6,8-9,11,14,17-18,22,37H,3,12-13,15-16H2,1-2H3,(H2,33,39)(H2,34,35,36). The number of benzene rings is 2. The Kier molecular flexibility index (Phi) is 8.06. The van der Waals surface area contributed by atoms with Crippen molar-refractivity contribution < 1.29 is 9.53 Å². The molecule has 8 nitrogen and oxygen atoms in total. The number of rotatable bonds is 6. The van der Waals surface area contributed by atoms with Gasteiger partial charge in [0, 0.05) is 35.4 Å². The van der Waals surface area contributed by atoms with E-state index >= 15 is 0 Å². The molecule has 5 rings (SSSR count). The van der Waals surface area contributed by atoms with Crippen molar-refractivity contribution >= 4 is 23.5 Å². The molecule has 1 aliphatic rings. The average Bonchev–Trinajstić information content (AvgIpc) is 3.33. The lowest BCUT2D eigenvalue weighted by atomic mass is 9.97. The molecule has 3 heterocycles. The van der Waals surface area contributed by atoms with Gasteiger partial charge in [-0.3, -0.25) is 4.79 Å². The van der Waals surface area contributed by atoms with Crippen molar-refractivity contribution in [2.45, 2.75) is 32.3 Å². The van der Waals surface area contributed by atoms with Gasteiger partial charge in [0.15, 0.2) is 0 Å². The fraction of sp³-hybridized carbons (Fsp3) is 0.258. The Bertz CT molecular complexity index is 1610. The number of hydrogen-bond acceptors (Lipinski definition) is 6. The third-order valence-electron chi connectivity index (χ3n) is 7.03. The van der Waals surface area contributed by atoms with E-state index in [0.29, 0.717) is 27.7 Å². The Labute approximate surface area is 238 Å². The second-order valence-corrected chi connectivity index (χ2v) is 10.3. The smallest absolute Gasteiger partial charge is 0.252 e. The SMILES string of the molecule is CCc1ccc(Cl)cc1-c1[nH]c(-c2ccnc(N)n2)c(C#Cc2cccc(OC3CCN(C)CC3)c2)c1C(N)=O. The van der Waals surface area contributed by atoms with Crippen molar-refractivity contribution in [3.8, 4) is 40.2 Å². The molecule has 1 aliphatic heterocycles. The van der Waals surface area contributed by atoms with E-state index in [1.54, 1.807) is 12.3 Å². The van der Waals surface area contributed by atoms with Crippen LogP contribution in [0, 0.1) is 11.8 Å². The number of likely N-dealkylation sites (tertiary alicyclic amines) is 1. The van der Waals surface area contributed by atoms with Crippen molar-refractivity contribution in [1.82, 2.24) is 19.9 Å². The summed E-state index contributed by atoms with van der Waals surface area (Å²) in [5.41, 5.74) is 16.6. The van der Waals surface area contributed by atoms with Crippen LogP contribution >= 0.6 is 11.6 Å². The van der Waals surface area contributed by atoms with Gasteiger partial charge < -0.3 is 26.1 Å². The predicted molar refractivity (Wildman–Crippen MR) is 158 cm³/mol. The summed E-state index contributed by atoms with van der Waals surface area (Å²) in [5, 5.41) is 0.541. The molecule has 4 aromatic rings. The number of primary amides is 1. The molecule has 40 heavy (non-hydrogen) atoms. The number of nitrogens with one attached hydrogen (secondary N) is 1. The number of hydrogen-bond donors (Lipinski definition) is 3. The zero-order chi connectivity index (χ0) is 28.2. The van der Waals surface area contributed by atoms with Crippen molar-refractivity contribution in [3.05, 3.63) is 82.0 Å². The van der Waals surface area contributed by atoms with E-state index in [9.17, 15) is 4.79 Å². The summed E-state index contributed by atoms with van der Waals surface area (Å²) < 4.78 is 6.25. The van der Waals surface area contributed by atoms with E-state index < -0.39 is 5.91 Å². The van der Waals surface area contributed by atoms with Crippen molar-refractivity contribution in [1.29, 1.82) is 0 Å². The van der Waals surface area contributed by atoms with E-state index in [1.807, 2.05) is 49.4 Å². The van der Waals surface area contributed by atoms with Crippen LogP contribution in [0.25, 0.3) is 22.6 Å². The van der Waals surface area contributed by atoms with Crippen LogP contribution in [0.3, 0.4) is 0 Å². The maximum atomic E-state index is 12.9. The van der Waals surface area contributed by atoms with Gasteiger partial charge in [0.2, 0.25) is 5.95 Å². The molecule has 204 valence electrons. The summed E-state index contributed by atoms with van der Waals surface area (Å²) in [6.45, 7) is 4.06. The van der Waals surface area contributed by atoms with Crippen molar-refractivity contribution in [2.24, 2.45) is 5.73 Å². The topological polar surface area (TPSA) is 123 Å². The molecule has 1 saturated heterocycles. The van der Waals surface area contributed by atoms with Crippen LogP contribution in [0.2, 0.25) is 5.02 Å². The number of aryl methyl sites for hydroxylation is 1. The van der Waals surface area contributed by atoms with Gasteiger partial charge in [0.05, 0.1) is 28.2 Å². The summed E-state index contributed by atoms with van der Waals surface area (Å²) in [4.78, 5) is 27.0. The van der Waals surface area contributed by atoms with Gasteiger partial charge in [-0.1, -0.05) is 42.5 Å². The minimum Gasteiger partial charge on any atom is -0.490 e. The van der Waals surface area contributed by atoms with Crippen LogP contribution in [0.15, 0.2) is 54.7 Å². The average molecular weight is 555 g/mol. The first kappa shape index (κ1) is 27.3. The van der Waals surface area contributed by atoms with Gasteiger partial charge in [-0.2, -0.15) is 0 Å². The highest BCUT2D eigenvalue weighted by molar-refractivity contribution is 6.31. The molecule has 1 amide bonds. The molecule has 1 fully saturated rings. The number of anilines is 1. The summed E-state index contributed by atoms with van der Waals surface area (Å²) in [6, 6.07) is 15.0. The minimum absolute atomic E-state index is 0.101. The Morgan fingerprint density at radius 1 is 1.15 bits per heavy atom. The van der Waals surface area contributed by atoms with Crippen LogP contribution in [-0.4, -0.2) is 52.0 Å². The maximum Gasteiger partial charge on any atom is 0.252 e. The lowest BCUT2D eigenvalue weighted by molar-refractivity contribution is 0.100. The number of piperidine rings is 1. The maximum absolute atomic E-state index is 12.9. The predicted octanol–water partition coefficient (Wildman–Crippen LogP) is 4.91. The number of nitrogens with zero attached hydrogens (tertiary/aromatic N) is 3. The minimum atomic E-state index is -0.620. The molecule has 2 aromatic carbocycles. The third kappa shape index (κ3) is 5.96. The van der Waals surface area contributed by atoms with Gasteiger partial charge in [-0.25, -0.2) is 9.97 Å². The Balaban J connectivity index is 1.61. The fourth-order valence-corrected chi connectivity index (χ4v) is 5.12. The third-order valence-corrected chi connectivity index (χ3v) is 7.27. The first-order chi connectivity index (χ1) is 19.3. The number of H-pyrrole nitrogens is 1. The van der Waals surface area contributed by atoms with Crippen LogP contribution < -0.4 is 16.2 Å². The van der Waals surface area contributed by atoms with Crippen LogP contribution in [0.4, 0.5) is 5.95 Å². The normalized spacial score (nSPS) is 14.0. The number of carbonyl (C=O) groups is 1. The summed E-state index contributed by atoms with van der Waals surface area (Å²) in [7, 11) is 2.12. The molecule has 2 aromatic heterocycles. The fourth-order valence-electron chi connectivity index (χ4n) is 4.95. The highest BCUT2D eigenvalue weighted by Crippen LogP contribution is 2.36. The van der Waals surface area contributed by atoms with Gasteiger partial charge in [0.25, 0.3) is 5.91 Å². The van der Waals surface area contributed by atoms with E-state index in [2.05, 4.69) is 38.7 Å². The van der Waals surface area contributed by atoms with E-state index in [-0.39, 0.29) is 17.6 Å². The zero-order valence-electron chi connectivity index (χ0n) is 22.5. The van der Waals surface area contributed by atoms with Gasteiger partial charge in [-0.15, -0.1) is 0 Å². The number of carbonyl (C=O) groups excluding carboxylic acids is 1. The molecule has 0 radical (unpaired) electrons. The molecular weight excluding hydrogens is 524 g/mol. The second kappa shape index (κ2) is 11.8. The van der Waals surface area contributed by atoms with Crippen LogP contribution in [0.1, 0.15) is 46.8 Å². The van der Waals surface area contributed by atoms with E-state index in [1.165, 1.54) is 0 Å². The number of amides is 1. The summed E-state index contributed by atoms with van der Waals surface area (Å²) >= 11 is 6.36. The molecule has 9 heteroatoms. The molecule has 0 aliphatic carbocycles. The number of aromatic nitrogens is 3. The van der Waals surface area contributed by atoms with Gasteiger partial charge in [-0.05, 0) is 68.3 Å². The molecule has 0 bridgehead atoms. The highest BCUT2D eigenvalue weighted by atomic mass is 35.5. The first-order valence-corrected chi connectivity index (χ1v) is 13.6. The number of nitrogens with two attached hydrogens (primary N) is 2. The largest absolute Gasteiger partial charge is 0.490 e. The molecule has 0 atom stereocenters. The number of aromatic amines is 1. The molecule has 0 unspecified atom stereocenters. The quantitative estimate of drug-likeness (QED) is 0.291. The highest BCUT2D eigenvalue weighted by Gasteiger charge is 2.25. The molecular formula is C31H31ClN6O2.